The SMILES string of the molecule is Nc1cccn(CCCCF)c1=O. The Labute approximate surface area is 76.0 Å². The van der Waals surface area contributed by atoms with E-state index in [2.05, 4.69) is 0 Å². The number of aryl methyl sites for hydroxylation is 1. The highest BCUT2D eigenvalue weighted by Gasteiger charge is 1.97. The van der Waals surface area contributed by atoms with Gasteiger partial charge in [0.05, 0.1) is 12.4 Å². The molecule has 0 saturated carbocycles. The predicted octanol–water partition coefficient (Wildman–Crippen LogP) is 1.18. The van der Waals surface area contributed by atoms with Gasteiger partial charge in [-0.15, -0.1) is 0 Å². The number of nitrogens with zero attached hydrogens (tertiary/aromatic N) is 1. The van der Waals surface area contributed by atoms with Crippen LogP contribution < -0.4 is 11.3 Å². The Hall–Kier alpha value is -1.32. The zero-order chi connectivity index (χ0) is 9.68. The van der Waals surface area contributed by atoms with Crippen LogP contribution in [0.4, 0.5) is 10.1 Å². The van der Waals surface area contributed by atoms with E-state index in [1.165, 1.54) is 4.57 Å². The van der Waals surface area contributed by atoms with E-state index in [-0.39, 0.29) is 17.9 Å². The van der Waals surface area contributed by atoms with E-state index in [9.17, 15) is 9.18 Å². The third kappa shape index (κ3) is 2.57. The molecule has 0 atom stereocenters. The summed E-state index contributed by atoms with van der Waals surface area (Å²) >= 11 is 0. The van der Waals surface area contributed by atoms with Crippen molar-refractivity contribution in [3.05, 3.63) is 28.7 Å². The fourth-order valence-electron chi connectivity index (χ4n) is 1.11. The maximum absolute atomic E-state index is 11.8. The molecule has 13 heavy (non-hydrogen) atoms. The molecule has 0 amide bonds. The van der Waals surface area contributed by atoms with Crippen molar-refractivity contribution in [2.45, 2.75) is 19.4 Å². The van der Waals surface area contributed by atoms with Crippen molar-refractivity contribution in [1.29, 1.82) is 0 Å². The van der Waals surface area contributed by atoms with Crippen LogP contribution in [0.2, 0.25) is 0 Å². The molecule has 0 aliphatic carbocycles. The van der Waals surface area contributed by atoms with Crippen molar-refractivity contribution in [3.8, 4) is 0 Å². The summed E-state index contributed by atoms with van der Waals surface area (Å²) in [6.07, 6.45) is 2.82. The van der Waals surface area contributed by atoms with Crippen LogP contribution in [0.25, 0.3) is 0 Å². The first-order valence-electron chi connectivity index (χ1n) is 4.26. The molecule has 0 fully saturated rings. The van der Waals surface area contributed by atoms with Gasteiger partial charge in [-0.25, -0.2) is 0 Å². The number of anilines is 1. The number of unbranched alkanes of at least 4 members (excludes halogenated alkanes) is 1. The summed E-state index contributed by atoms with van der Waals surface area (Å²) < 4.78 is 13.3. The van der Waals surface area contributed by atoms with Crippen LogP contribution in [-0.4, -0.2) is 11.2 Å². The largest absolute Gasteiger partial charge is 0.394 e. The lowest BCUT2D eigenvalue weighted by molar-refractivity contribution is 0.445. The molecular formula is C9H13FN2O. The van der Waals surface area contributed by atoms with Crippen molar-refractivity contribution in [3.63, 3.8) is 0 Å². The van der Waals surface area contributed by atoms with Gasteiger partial charge in [-0.3, -0.25) is 9.18 Å². The maximum atomic E-state index is 11.8. The number of nitrogens with two attached hydrogens (primary N) is 1. The fourth-order valence-corrected chi connectivity index (χ4v) is 1.11. The van der Waals surface area contributed by atoms with Crippen LogP contribution >= 0.6 is 0 Å². The number of halogens is 1. The highest BCUT2D eigenvalue weighted by atomic mass is 19.1. The predicted molar refractivity (Wildman–Crippen MR) is 50.3 cm³/mol. The van der Waals surface area contributed by atoms with Crippen LogP contribution in [0.3, 0.4) is 0 Å². The van der Waals surface area contributed by atoms with Crippen LogP contribution in [0.15, 0.2) is 23.1 Å². The van der Waals surface area contributed by atoms with Crippen LogP contribution in [0.5, 0.6) is 0 Å². The molecule has 0 spiro atoms. The summed E-state index contributed by atoms with van der Waals surface area (Å²) in [6, 6.07) is 3.28. The lowest BCUT2D eigenvalue weighted by Gasteiger charge is -2.04. The summed E-state index contributed by atoms with van der Waals surface area (Å²) in [5, 5.41) is 0. The molecule has 0 saturated heterocycles. The van der Waals surface area contributed by atoms with Gasteiger partial charge in [0.2, 0.25) is 0 Å². The lowest BCUT2D eigenvalue weighted by atomic mass is 10.3. The Morgan fingerprint density at radius 3 is 2.92 bits per heavy atom. The van der Waals surface area contributed by atoms with Crippen LogP contribution in [0, 0.1) is 0 Å². The number of pyridine rings is 1. The highest BCUT2D eigenvalue weighted by Crippen LogP contribution is 1.96. The second-order valence-corrected chi connectivity index (χ2v) is 2.86. The number of aromatic nitrogens is 1. The van der Waals surface area contributed by atoms with Gasteiger partial charge in [0, 0.05) is 12.7 Å². The summed E-state index contributed by atoms with van der Waals surface area (Å²) in [6.45, 7) is 0.199. The van der Waals surface area contributed by atoms with Gasteiger partial charge in [-0.1, -0.05) is 0 Å². The fraction of sp³-hybridized carbons (Fsp3) is 0.444. The van der Waals surface area contributed by atoms with Crippen molar-refractivity contribution < 1.29 is 4.39 Å². The minimum atomic E-state index is -0.336. The van der Waals surface area contributed by atoms with Crippen LogP contribution in [-0.2, 0) is 6.54 Å². The van der Waals surface area contributed by atoms with Crippen molar-refractivity contribution >= 4 is 5.69 Å². The van der Waals surface area contributed by atoms with Gasteiger partial charge >= 0.3 is 0 Å². The average Bonchev–Trinajstić information content (AvgIpc) is 2.13. The van der Waals surface area contributed by atoms with Gasteiger partial charge in [0.1, 0.15) is 0 Å². The third-order valence-electron chi connectivity index (χ3n) is 1.83. The first-order chi connectivity index (χ1) is 6.25. The number of hydrogen-bond donors (Lipinski definition) is 1. The van der Waals surface area contributed by atoms with E-state index in [1.807, 2.05) is 0 Å². The van der Waals surface area contributed by atoms with Crippen molar-refractivity contribution in [2.24, 2.45) is 0 Å². The Kier molecular flexibility index (Phi) is 3.49. The van der Waals surface area contributed by atoms with E-state index in [0.29, 0.717) is 19.4 Å². The molecule has 72 valence electrons. The van der Waals surface area contributed by atoms with Gasteiger partial charge in [0.15, 0.2) is 0 Å². The quantitative estimate of drug-likeness (QED) is 0.714. The van der Waals surface area contributed by atoms with Gasteiger partial charge in [0.25, 0.3) is 5.56 Å². The van der Waals surface area contributed by atoms with Gasteiger partial charge in [-0.05, 0) is 25.0 Å². The third-order valence-corrected chi connectivity index (χ3v) is 1.83. The highest BCUT2D eigenvalue weighted by molar-refractivity contribution is 5.33. The molecule has 2 N–H and O–H groups in total. The first kappa shape index (κ1) is 9.77. The maximum Gasteiger partial charge on any atom is 0.273 e. The van der Waals surface area contributed by atoms with Gasteiger partial charge < -0.3 is 10.3 Å². The molecule has 0 aliphatic heterocycles. The standard InChI is InChI=1S/C9H13FN2O/c10-5-1-2-6-12-7-3-4-8(11)9(12)13/h3-4,7H,1-2,5-6,11H2. The molecule has 4 heteroatoms. The Morgan fingerprint density at radius 1 is 1.46 bits per heavy atom. The van der Waals surface area contributed by atoms with Crippen molar-refractivity contribution in [2.75, 3.05) is 12.4 Å². The minimum absolute atomic E-state index is 0.193. The Morgan fingerprint density at radius 2 is 2.23 bits per heavy atom. The van der Waals surface area contributed by atoms with Crippen LogP contribution in [0.1, 0.15) is 12.8 Å². The number of hydrogen-bond acceptors (Lipinski definition) is 2. The smallest absolute Gasteiger partial charge is 0.273 e. The molecule has 0 aromatic carbocycles. The second kappa shape index (κ2) is 4.64. The Bertz CT molecular complexity index is 322. The second-order valence-electron chi connectivity index (χ2n) is 2.86. The van der Waals surface area contributed by atoms with Gasteiger partial charge in [-0.2, -0.15) is 0 Å². The summed E-state index contributed by atoms with van der Waals surface area (Å²) in [5.74, 6) is 0. The van der Waals surface area contributed by atoms with E-state index in [0.717, 1.165) is 0 Å². The molecule has 1 aromatic rings. The summed E-state index contributed by atoms with van der Waals surface area (Å²) in [5.41, 5.74) is 5.46. The van der Waals surface area contributed by atoms with E-state index in [4.69, 9.17) is 5.73 Å². The molecule has 0 aliphatic rings. The van der Waals surface area contributed by atoms with Crippen molar-refractivity contribution in [1.82, 2.24) is 4.57 Å². The molecule has 3 nitrogen and oxygen atoms in total. The molecular weight excluding hydrogens is 171 g/mol. The van der Waals surface area contributed by atoms with E-state index < -0.39 is 0 Å². The zero-order valence-corrected chi connectivity index (χ0v) is 7.37. The lowest BCUT2D eigenvalue weighted by Crippen LogP contribution is -2.21. The summed E-state index contributed by atoms with van der Waals surface area (Å²) in [4.78, 5) is 11.3. The molecule has 1 heterocycles. The van der Waals surface area contributed by atoms with E-state index >= 15 is 0 Å². The number of alkyl halides is 1. The average molecular weight is 184 g/mol. The topological polar surface area (TPSA) is 48.0 Å². The molecule has 1 aromatic heterocycles. The number of nitrogen functional groups attached to an aromatic ring is 1. The molecule has 1 rings (SSSR count). The number of rotatable bonds is 4. The monoisotopic (exact) mass is 184 g/mol. The Balaban J connectivity index is 2.67. The zero-order valence-electron chi connectivity index (χ0n) is 7.37. The molecule has 0 bridgehead atoms. The van der Waals surface area contributed by atoms with E-state index in [1.54, 1.807) is 18.3 Å². The normalized spacial score (nSPS) is 10.2. The molecule has 0 unspecified atom stereocenters. The molecule has 0 radical (unpaired) electrons. The minimum Gasteiger partial charge on any atom is -0.394 e. The first-order valence-corrected chi connectivity index (χ1v) is 4.26. The summed E-state index contributed by atoms with van der Waals surface area (Å²) in [7, 11) is 0.